The van der Waals surface area contributed by atoms with E-state index < -0.39 is 11.9 Å². The van der Waals surface area contributed by atoms with Gasteiger partial charge in [-0.05, 0) is 81.8 Å². The number of hydrogen-bond donors (Lipinski definition) is 1. The van der Waals surface area contributed by atoms with E-state index in [1.807, 2.05) is 25.1 Å². The molecule has 0 bridgehead atoms. The maximum Gasteiger partial charge on any atom is 0.336 e. The highest BCUT2D eigenvalue weighted by Gasteiger charge is 2.39. The van der Waals surface area contributed by atoms with Crippen molar-refractivity contribution in [2.75, 3.05) is 13.7 Å². The number of nitrogens with one attached hydrogen (secondary N) is 1. The van der Waals surface area contributed by atoms with Crippen LogP contribution in [0.1, 0.15) is 66.8 Å². The van der Waals surface area contributed by atoms with Crippen molar-refractivity contribution in [3.05, 3.63) is 80.7 Å². The van der Waals surface area contributed by atoms with Gasteiger partial charge in [0.05, 0.1) is 19.3 Å². The summed E-state index contributed by atoms with van der Waals surface area (Å²) >= 11 is 0. The first kappa shape index (κ1) is 25.5. The summed E-state index contributed by atoms with van der Waals surface area (Å²) in [5.41, 5.74) is 8.28. The zero-order valence-electron chi connectivity index (χ0n) is 22.0. The third kappa shape index (κ3) is 4.90. The third-order valence-electron chi connectivity index (χ3n) is 7.00. The van der Waals surface area contributed by atoms with Crippen LogP contribution in [0.4, 0.5) is 0 Å². The van der Waals surface area contributed by atoms with Gasteiger partial charge in [0.25, 0.3) is 0 Å². The molecule has 0 aromatic heterocycles. The number of rotatable bonds is 7. The molecule has 1 aliphatic heterocycles. The molecule has 1 heterocycles. The highest BCUT2D eigenvalue weighted by molar-refractivity contribution is 6.03. The van der Waals surface area contributed by atoms with E-state index in [4.69, 9.17) is 14.2 Å². The van der Waals surface area contributed by atoms with Crippen LogP contribution in [0.5, 0.6) is 11.5 Å². The first-order valence-electron chi connectivity index (χ1n) is 12.5. The van der Waals surface area contributed by atoms with Crippen LogP contribution in [-0.4, -0.2) is 25.5 Å². The monoisotopic (exact) mass is 489 g/mol. The zero-order chi connectivity index (χ0) is 26.0. The van der Waals surface area contributed by atoms with Gasteiger partial charge in [-0.25, -0.2) is 4.79 Å². The Bertz CT molecular complexity index is 1250. The molecule has 36 heavy (non-hydrogen) atoms. The average molecular weight is 490 g/mol. The van der Waals surface area contributed by atoms with Gasteiger partial charge in [0, 0.05) is 29.3 Å². The number of hydrogen-bond acceptors (Lipinski definition) is 6. The highest BCUT2D eigenvalue weighted by atomic mass is 16.5. The Morgan fingerprint density at radius 3 is 2.42 bits per heavy atom. The van der Waals surface area contributed by atoms with Gasteiger partial charge in [0.2, 0.25) is 0 Å². The normalized spacial score (nSPS) is 17.5. The lowest BCUT2D eigenvalue weighted by atomic mass is 9.75. The molecule has 6 heteroatoms. The molecular formula is C30H35NO5. The van der Waals surface area contributed by atoms with E-state index in [0.717, 1.165) is 35.4 Å². The van der Waals surface area contributed by atoms with E-state index in [9.17, 15) is 9.59 Å². The number of ether oxygens (including phenoxy) is 3. The standard InChI is InChI=1S/C30H35NO5/c1-7-35-30(33)27-20(5)31-23-9-8-10-24(32)29(23)28(27)21-11-12-25(26(15-21)34-6)36-16-22-18(3)13-17(2)14-19(22)4/h11-15,28,31H,7-10,16H2,1-6H3/t28-/m0/s1. The van der Waals surface area contributed by atoms with Crippen molar-refractivity contribution in [1.29, 1.82) is 0 Å². The predicted octanol–water partition coefficient (Wildman–Crippen LogP) is 5.73. The van der Waals surface area contributed by atoms with Crippen LogP contribution >= 0.6 is 0 Å². The number of Topliss-reactive ketones (excluding diaryl/α,β-unsaturated/α-hetero) is 1. The SMILES string of the molecule is CCOC(=O)C1=C(C)NC2=C(C(=O)CCC2)[C@H]1c1ccc(OCc2c(C)cc(C)cc2C)c(OC)c1. The molecule has 0 fully saturated rings. The smallest absolute Gasteiger partial charge is 0.336 e. The van der Waals surface area contributed by atoms with E-state index in [0.29, 0.717) is 35.7 Å². The molecule has 2 aliphatic rings. The van der Waals surface area contributed by atoms with Gasteiger partial charge < -0.3 is 19.5 Å². The Hall–Kier alpha value is -3.54. The molecule has 0 radical (unpaired) electrons. The summed E-state index contributed by atoms with van der Waals surface area (Å²) in [4.78, 5) is 26.1. The second-order valence-electron chi connectivity index (χ2n) is 9.56. The van der Waals surface area contributed by atoms with E-state index in [2.05, 4.69) is 38.2 Å². The molecule has 4 rings (SSSR count). The quantitative estimate of drug-likeness (QED) is 0.501. The predicted molar refractivity (Wildman–Crippen MR) is 139 cm³/mol. The summed E-state index contributed by atoms with van der Waals surface area (Å²) in [7, 11) is 1.60. The number of esters is 1. The third-order valence-corrected chi connectivity index (χ3v) is 7.00. The van der Waals surface area contributed by atoms with E-state index in [1.54, 1.807) is 14.0 Å². The molecule has 2 aromatic carbocycles. The first-order chi connectivity index (χ1) is 17.2. The molecule has 190 valence electrons. The van der Waals surface area contributed by atoms with Crippen LogP contribution in [-0.2, 0) is 20.9 Å². The first-order valence-corrected chi connectivity index (χ1v) is 12.5. The summed E-state index contributed by atoms with van der Waals surface area (Å²) in [6.07, 6.45) is 2.05. The number of methoxy groups -OCH3 is 1. The van der Waals surface area contributed by atoms with Crippen molar-refractivity contribution in [3.8, 4) is 11.5 Å². The second kappa shape index (κ2) is 10.6. The average Bonchev–Trinajstić information content (AvgIpc) is 2.82. The Morgan fingerprint density at radius 2 is 1.75 bits per heavy atom. The molecule has 2 aromatic rings. The van der Waals surface area contributed by atoms with Crippen LogP contribution in [0.2, 0.25) is 0 Å². The molecule has 0 saturated heterocycles. The molecule has 1 aliphatic carbocycles. The van der Waals surface area contributed by atoms with Crippen molar-refractivity contribution in [3.63, 3.8) is 0 Å². The Kier molecular flexibility index (Phi) is 7.53. The van der Waals surface area contributed by atoms with Crippen LogP contribution < -0.4 is 14.8 Å². The molecule has 6 nitrogen and oxygen atoms in total. The lowest BCUT2D eigenvalue weighted by Gasteiger charge is -2.34. The Morgan fingerprint density at radius 1 is 1.03 bits per heavy atom. The number of carbonyl (C=O) groups excluding carboxylic acids is 2. The number of ketones is 1. The fourth-order valence-electron chi connectivity index (χ4n) is 5.37. The maximum absolute atomic E-state index is 13.1. The van der Waals surface area contributed by atoms with Crippen LogP contribution in [0, 0.1) is 20.8 Å². The van der Waals surface area contributed by atoms with Gasteiger partial charge in [0.1, 0.15) is 6.61 Å². The van der Waals surface area contributed by atoms with Gasteiger partial charge in [-0.2, -0.15) is 0 Å². The molecule has 0 saturated carbocycles. The summed E-state index contributed by atoms with van der Waals surface area (Å²) in [6.45, 7) is 10.6. The van der Waals surface area contributed by atoms with Gasteiger partial charge in [-0.1, -0.05) is 23.8 Å². The van der Waals surface area contributed by atoms with Crippen molar-refractivity contribution < 1.29 is 23.8 Å². The Balaban J connectivity index is 1.72. The minimum atomic E-state index is -0.516. The van der Waals surface area contributed by atoms with E-state index in [-0.39, 0.29) is 12.4 Å². The fourth-order valence-corrected chi connectivity index (χ4v) is 5.37. The molecular weight excluding hydrogens is 454 g/mol. The van der Waals surface area contributed by atoms with Crippen molar-refractivity contribution in [2.45, 2.75) is 66.4 Å². The minimum Gasteiger partial charge on any atom is -0.493 e. The van der Waals surface area contributed by atoms with Gasteiger partial charge in [0.15, 0.2) is 17.3 Å². The topological polar surface area (TPSA) is 73.9 Å². The number of aryl methyl sites for hydroxylation is 3. The van der Waals surface area contributed by atoms with E-state index in [1.165, 1.54) is 16.7 Å². The summed E-state index contributed by atoms with van der Waals surface area (Å²) in [5, 5.41) is 3.31. The molecule has 1 N–H and O–H groups in total. The largest absolute Gasteiger partial charge is 0.493 e. The van der Waals surface area contributed by atoms with Crippen molar-refractivity contribution in [2.24, 2.45) is 0 Å². The van der Waals surface area contributed by atoms with Crippen LogP contribution in [0.15, 0.2) is 52.9 Å². The molecule has 0 unspecified atom stereocenters. The second-order valence-corrected chi connectivity index (χ2v) is 9.56. The maximum atomic E-state index is 13.1. The van der Waals surface area contributed by atoms with Crippen molar-refractivity contribution in [1.82, 2.24) is 5.32 Å². The van der Waals surface area contributed by atoms with Gasteiger partial charge in [-0.3, -0.25) is 4.79 Å². The Labute approximate surface area is 213 Å². The zero-order valence-corrected chi connectivity index (χ0v) is 22.0. The van der Waals surface area contributed by atoms with Crippen LogP contribution in [0.25, 0.3) is 0 Å². The van der Waals surface area contributed by atoms with Gasteiger partial charge >= 0.3 is 5.97 Å². The summed E-state index contributed by atoms with van der Waals surface area (Å²) in [5.74, 6) is 0.296. The van der Waals surface area contributed by atoms with Gasteiger partial charge in [-0.15, -0.1) is 0 Å². The number of benzene rings is 2. The highest BCUT2D eigenvalue weighted by Crippen LogP contribution is 2.44. The number of allylic oxidation sites excluding steroid dienone is 3. The molecule has 0 amide bonds. The van der Waals surface area contributed by atoms with Crippen LogP contribution in [0.3, 0.4) is 0 Å². The molecule has 1 atom stereocenters. The summed E-state index contributed by atoms with van der Waals surface area (Å²) < 4.78 is 17.3. The number of dihydropyridines is 1. The van der Waals surface area contributed by atoms with E-state index >= 15 is 0 Å². The lowest BCUT2D eigenvalue weighted by Crippen LogP contribution is -2.34. The lowest BCUT2D eigenvalue weighted by molar-refractivity contribution is -0.138. The minimum absolute atomic E-state index is 0.0627. The summed E-state index contributed by atoms with van der Waals surface area (Å²) in [6, 6.07) is 9.96. The fraction of sp³-hybridized carbons (Fsp3) is 0.400. The number of carbonyl (C=O) groups is 2. The van der Waals surface area contributed by atoms with Crippen molar-refractivity contribution >= 4 is 11.8 Å². The molecule has 0 spiro atoms.